The molecule has 132 valence electrons. The number of aromatic amines is 1. The fourth-order valence-corrected chi connectivity index (χ4v) is 2.71. The summed E-state index contributed by atoms with van der Waals surface area (Å²) in [5, 5.41) is 19.4. The number of halogens is 1. The number of rotatable bonds is 5. The van der Waals surface area contributed by atoms with Gasteiger partial charge in [-0.15, -0.1) is 0 Å². The molecule has 9 heteroatoms. The molecule has 3 heterocycles. The number of H-pyrrole nitrogens is 1. The van der Waals surface area contributed by atoms with Crippen LogP contribution in [0, 0.1) is 6.92 Å². The smallest absolute Gasteiger partial charge is 0.227 e. The van der Waals surface area contributed by atoms with Crippen molar-refractivity contribution in [2.45, 2.75) is 13.5 Å². The minimum Gasteiger partial charge on any atom is -0.350 e. The topological polar surface area (TPSA) is 96.3 Å². The normalized spacial score (nSPS) is 11.0. The minimum atomic E-state index is 0.505. The SMILES string of the molecule is Cc1cc(Nc2nc(NCc3ccc(Cl)cc3)nc3c2cnn3C)n[nH]1. The highest BCUT2D eigenvalue weighted by atomic mass is 35.5. The Hall–Kier alpha value is -3.13. The molecule has 4 rings (SSSR count). The number of fused-ring (bicyclic) bond motifs is 1. The zero-order valence-corrected chi connectivity index (χ0v) is 15.0. The molecule has 0 saturated heterocycles. The van der Waals surface area contributed by atoms with E-state index in [-0.39, 0.29) is 0 Å². The highest BCUT2D eigenvalue weighted by molar-refractivity contribution is 6.30. The van der Waals surface area contributed by atoms with E-state index < -0.39 is 0 Å². The van der Waals surface area contributed by atoms with E-state index in [1.165, 1.54) is 0 Å². The van der Waals surface area contributed by atoms with Gasteiger partial charge in [0.25, 0.3) is 0 Å². The third kappa shape index (κ3) is 3.31. The first-order chi connectivity index (χ1) is 12.6. The minimum absolute atomic E-state index is 0.505. The molecule has 0 atom stereocenters. The number of hydrogen-bond donors (Lipinski definition) is 3. The molecule has 4 aromatic rings. The second-order valence-corrected chi connectivity index (χ2v) is 6.38. The lowest BCUT2D eigenvalue weighted by Gasteiger charge is -2.09. The molecule has 0 aliphatic rings. The Balaban J connectivity index is 1.64. The molecule has 0 aliphatic heterocycles. The maximum absolute atomic E-state index is 5.93. The summed E-state index contributed by atoms with van der Waals surface area (Å²) in [7, 11) is 1.85. The number of hydrogen-bond acceptors (Lipinski definition) is 6. The van der Waals surface area contributed by atoms with Crippen LogP contribution in [0.1, 0.15) is 11.3 Å². The Morgan fingerprint density at radius 3 is 2.73 bits per heavy atom. The van der Waals surface area contributed by atoms with Crippen molar-refractivity contribution in [3.63, 3.8) is 0 Å². The van der Waals surface area contributed by atoms with E-state index in [2.05, 4.69) is 35.9 Å². The second kappa shape index (κ2) is 6.64. The van der Waals surface area contributed by atoms with Crippen LogP contribution in [-0.4, -0.2) is 29.9 Å². The van der Waals surface area contributed by atoms with Gasteiger partial charge in [0.2, 0.25) is 5.95 Å². The van der Waals surface area contributed by atoms with Gasteiger partial charge in [0, 0.05) is 30.4 Å². The third-order valence-corrected chi connectivity index (χ3v) is 4.16. The van der Waals surface area contributed by atoms with Gasteiger partial charge in [-0.25, -0.2) is 0 Å². The molecule has 0 amide bonds. The van der Waals surface area contributed by atoms with E-state index in [9.17, 15) is 0 Å². The van der Waals surface area contributed by atoms with Crippen LogP contribution in [0.3, 0.4) is 0 Å². The van der Waals surface area contributed by atoms with E-state index in [4.69, 9.17) is 11.6 Å². The van der Waals surface area contributed by atoms with Gasteiger partial charge in [-0.3, -0.25) is 9.78 Å². The van der Waals surface area contributed by atoms with Crippen LogP contribution in [0.2, 0.25) is 5.02 Å². The average molecular weight is 369 g/mol. The van der Waals surface area contributed by atoms with E-state index >= 15 is 0 Å². The largest absolute Gasteiger partial charge is 0.350 e. The van der Waals surface area contributed by atoms with Gasteiger partial charge in [0.15, 0.2) is 11.5 Å². The second-order valence-electron chi connectivity index (χ2n) is 5.94. The van der Waals surface area contributed by atoms with Crippen LogP contribution in [0.15, 0.2) is 36.5 Å². The maximum Gasteiger partial charge on any atom is 0.227 e. The molecule has 0 radical (unpaired) electrons. The Morgan fingerprint density at radius 1 is 1.19 bits per heavy atom. The van der Waals surface area contributed by atoms with Crippen molar-refractivity contribution >= 4 is 40.2 Å². The molecule has 3 aromatic heterocycles. The van der Waals surface area contributed by atoms with Crippen molar-refractivity contribution in [3.8, 4) is 0 Å². The van der Waals surface area contributed by atoms with Gasteiger partial charge < -0.3 is 10.6 Å². The summed E-state index contributed by atoms with van der Waals surface area (Å²) in [6.07, 6.45) is 1.74. The van der Waals surface area contributed by atoms with Crippen LogP contribution < -0.4 is 10.6 Å². The Morgan fingerprint density at radius 2 is 2.00 bits per heavy atom. The summed E-state index contributed by atoms with van der Waals surface area (Å²) in [4.78, 5) is 9.14. The van der Waals surface area contributed by atoms with Gasteiger partial charge in [-0.05, 0) is 24.6 Å². The number of aromatic nitrogens is 6. The van der Waals surface area contributed by atoms with Gasteiger partial charge in [0.05, 0.1) is 11.6 Å². The lowest BCUT2D eigenvalue weighted by molar-refractivity contribution is 0.785. The predicted molar refractivity (Wildman–Crippen MR) is 102 cm³/mol. The lowest BCUT2D eigenvalue weighted by Crippen LogP contribution is -2.07. The van der Waals surface area contributed by atoms with Gasteiger partial charge in [0.1, 0.15) is 5.82 Å². The fourth-order valence-electron chi connectivity index (χ4n) is 2.58. The molecule has 0 spiro atoms. The van der Waals surface area contributed by atoms with Crippen LogP contribution in [0.5, 0.6) is 0 Å². The standard InChI is InChI=1S/C17H17ClN8/c1-10-7-14(25-24-10)21-15-13-9-20-26(2)16(13)23-17(22-15)19-8-11-3-5-12(18)6-4-11/h3-7,9H,8H2,1-2H3,(H3,19,21,22,23,24,25). The van der Waals surface area contributed by atoms with Gasteiger partial charge in [-0.1, -0.05) is 23.7 Å². The third-order valence-electron chi connectivity index (χ3n) is 3.91. The van der Waals surface area contributed by atoms with Crippen LogP contribution in [0.25, 0.3) is 11.0 Å². The molecule has 0 saturated carbocycles. The summed E-state index contributed by atoms with van der Waals surface area (Å²) in [6.45, 7) is 2.53. The Bertz CT molecular complexity index is 1050. The number of nitrogens with one attached hydrogen (secondary N) is 3. The number of aryl methyl sites for hydroxylation is 2. The van der Waals surface area contributed by atoms with Crippen LogP contribution in [0.4, 0.5) is 17.6 Å². The first-order valence-corrected chi connectivity index (χ1v) is 8.43. The summed E-state index contributed by atoms with van der Waals surface area (Å²) in [6, 6.07) is 9.55. The lowest BCUT2D eigenvalue weighted by atomic mass is 10.2. The highest BCUT2D eigenvalue weighted by Crippen LogP contribution is 2.24. The van der Waals surface area contributed by atoms with Crippen molar-refractivity contribution in [1.29, 1.82) is 0 Å². The van der Waals surface area contributed by atoms with Crippen molar-refractivity contribution < 1.29 is 0 Å². The molecule has 26 heavy (non-hydrogen) atoms. The Kier molecular flexibility index (Phi) is 4.18. The number of anilines is 3. The molecule has 0 aliphatic carbocycles. The summed E-state index contributed by atoms with van der Waals surface area (Å²) < 4.78 is 1.71. The number of benzene rings is 1. The molecule has 0 fully saturated rings. The Labute approximate surface area is 154 Å². The van der Waals surface area contributed by atoms with E-state index in [0.29, 0.717) is 29.2 Å². The molecule has 3 N–H and O–H groups in total. The first kappa shape index (κ1) is 16.3. The zero-order valence-electron chi connectivity index (χ0n) is 14.3. The van der Waals surface area contributed by atoms with Gasteiger partial charge >= 0.3 is 0 Å². The van der Waals surface area contributed by atoms with Gasteiger partial charge in [-0.2, -0.15) is 20.2 Å². The van der Waals surface area contributed by atoms with Crippen LogP contribution >= 0.6 is 11.6 Å². The highest BCUT2D eigenvalue weighted by Gasteiger charge is 2.13. The molecular weight excluding hydrogens is 352 g/mol. The first-order valence-electron chi connectivity index (χ1n) is 8.05. The van der Waals surface area contributed by atoms with E-state index in [0.717, 1.165) is 22.3 Å². The van der Waals surface area contributed by atoms with E-state index in [1.807, 2.05) is 44.3 Å². The average Bonchev–Trinajstić information content (AvgIpc) is 3.21. The molecule has 0 unspecified atom stereocenters. The van der Waals surface area contributed by atoms with Crippen molar-refractivity contribution in [2.24, 2.45) is 7.05 Å². The molecule has 0 bridgehead atoms. The number of nitrogens with zero attached hydrogens (tertiary/aromatic N) is 5. The molecule has 1 aromatic carbocycles. The van der Waals surface area contributed by atoms with E-state index in [1.54, 1.807) is 10.9 Å². The maximum atomic E-state index is 5.93. The molecular formula is C17H17ClN8. The summed E-state index contributed by atoms with van der Waals surface area (Å²) in [5.74, 6) is 1.84. The summed E-state index contributed by atoms with van der Waals surface area (Å²) >= 11 is 5.93. The zero-order chi connectivity index (χ0) is 18.1. The quantitative estimate of drug-likeness (QED) is 0.499. The van der Waals surface area contributed by atoms with Crippen LogP contribution in [-0.2, 0) is 13.6 Å². The van der Waals surface area contributed by atoms with Crippen molar-refractivity contribution in [2.75, 3.05) is 10.6 Å². The van der Waals surface area contributed by atoms with Crippen molar-refractivity contribution in [3.05, 3.63) is 52.8 Å². The predicted octanol–water partition coefficient (Wildman–Crippen LogP) is 3.40. The fraction of sp³-hybridized carbons (Fsp3) is 0.176. The molecule has 8 nitrogen and oxygen atoms in total. The van der Waals surface area contributed by atoms with Crippen molar-refractivity contribution in [1.82, 2.24) is 29.9 Å². The monoisotopic (exact) mass is 368 g/mol. The summed E-state index contributed by atoms with van der Waals surface area (Å²) in [5.41, 5.74) is 2.78.